The van der Waals surface area contributed by atoms with Crippen LogP contribution in [0, 0.1) is 0 Å². The van der Waals surface area contributed by atoms with Crippen LogP contribution < -0.4 is 5.56 Å². The Balaban J connectivity index is 1.55. The zero-order valence-corrected chi connectivity index (χ0v) is 15.1. The Labute approximate surface area is 152 Å². The molecule has 0 bridgehead atoms. The second-order valence-corrected chi connectivity index (χ2v) is 7.47. The molecule has 2 heterocycles. The molecular weight excluding hydrogens is 356 g/mol. The zero-order chi connectivity index (χ0) is 17.4. The lowest BCUT2D eigenvalue weighted by Crippen LogP contribution is -2.21. The molecule has 0 aliphatic rings. The molecule has 0 aliphatic heterocycles. The van der Waals surface area contributed by atoms with Gasteiger partial charge in [-0.15, -0.1) is 11.3 Å². The molecule has 0 atom stereocenters. The van der Waals surface area contributed by atoms with E-state index in [1.165, 1.54) is 4.70 Å². The molecule has 0 fully saturated rings. The van der Waals surface area contributed by atoms with Crippen molar-refractivity contribution < 1.29 is 0 Å². The summed E-state index contributed by atoms with van der Waals surface area (Å²) in [6, 6.07) is 13.2. The SMILES string of the molecule is CN(Cc1nc2ccc(Cl)cc2c(=O)[nH]1)Cc1nc2ccccc2s1. The summed E-state index contributed by atoms with van der Waals surface area (Å²) in [5, 5.41) is 2.07. The summed E-state index contributed by atoms with van der Waals surface area (Å²) in [7, 11) is 1.98. The summed E-state index contributed by atoms with van der Waals surface area (Å²) in [4.78, 5) is 26.3. The van der Waals surface area contributed by atoms with Crippen molar-refractivity contribution in [2.75, 3.05) is 7.05 Å². The largest absolute Gasteiger partial charge is 0.309 e. The Morgan fingerprint density at radius 1 is 1.12 bits per heavy atom. The summed E-state index contributed by atoms with van der Waals surface area (Å²) in [6.45, 7) is 1.23. The summed E-state index contributed by atoms with van der Waals surface area (Å²) >= 11 is 7.63. The molecule has 2 aromatic carbocycles. The van der Waals surface area contributed by atoms with Crippen LogP contribution in [-0.2, 0) is 13.1 Å². The fourth-order valence-electron chi connectivity index (χ4n) is 2.76. The number of benzene rings is 2. The molecule has 0 saturated carbocycles. The van der Waals surface area contributed by atoms with Crippen molar-refractivity contribution in [1.29, 1.82) is 0 Å². The van der Waals surface area contributed by atoms with Gasteiger partial charge in [-0.2, -0.15) is 0 Å². The van der Waals surface area contributed by atoms with E-state index >= 15 is 0 Å². The standard InChI is InChI=1S/C18H15ClN4OS/c1-23(10-17-21-14-4-2-3-5-15(14)25-17)9-16-20-13-7-6-11(19)8-12(13)18(24)22-16/h2-8H,9-10H2,1H3,(H,20,22,24). The second kappa shape index (κ2) is 6.55. The lowest BCUT2D eigenvalue weighted by Gasteiger charge is -2.14. The van der Waals surface area contributed by atoms with Gasteiger partial charge in [-0.25, -0.2) is 9.97 Å². The molecule has 0 amide bonds. The van der Waals surface area contributed by atoms with Crippen molar-refractivity contribution in [1.82, 2.24) is 19.9 Å². The first-order chi connectivity index (χ1) is 12.1. The lowest BCUT2D eigenvalue weighted by atomic mass is 10.2. The maximum atomic E-state index is 12.2. The van der Waals surface area contributed by atoms with Gasteiger partial charge in [-0.3, -0.25) is 9.69 Å². The number of halogens is 1. The molecular formula is C18H15ClN4OS. The van der Waals surface area contributed by atoms with Crippen molar-refractivity contribution in [3.05, 3.63) is 68.7 Å². The number of para-hydroxylation sites is 1. The highest BCUT2D eigenvalue weighted by atomic mass is 35.5. The highest BCUT2D eigenvalue weighted by Gasteiger charge is 2.10. The summed E-state index contributed by atoms with van der Waals surface area (Å²) < 4.78 is 1.18. The number of aromatic amines is 1. The quantitative estimate of drug-likeness (QED) is 0.593. The van der Waals surface area contributed by atoms with Gasteiger partial charge in [0.05, 0.1) is 34.2 Å². The number of thiazole rings is 1. The third-order valence-corrected chi connectivity index (χ3v) is 5.14. The Bertz CT molecular complexity index is 1090. The van der Waals surface area contributed by atoms with Crippen LogP contribution in [0.2, 0.25) is 5.02 Å². The fraction of sp³-hybridized carbons (Fsp3) is 0.167. The molecule has 4 aromatic rings. The van der Waals surface area contributed by atoms with E-state index in [4.69, 9.17) is 11.6 Å². The first-order valence-corrected chi connectivity index (χ1v) is 8.99. The minimum atomic E-state index is -0.170. The first kappa shape index (κ1) is 16.2. The van der Waals surface area contributed by atoms with Crippen LogP contribution in [0.25, 0.3) is 21.1 Å². The third-order valence-electron chi connectivity index (χ3n) is 3.88. The first-order valence-electron chi connectivity index (χ1n) is 7.80. The Hall–Kier alpha value is -2.28. The highest BCUT2D eigenvalue weighted by Crippen LogP contribution is 2.22. The summed E-state index contributed by atoms with van der Waals surface area (Å²) in [6.07, 6.45) is 0. The van der Waals surface area contributed by atoms with Gasteiger partial charge in [0.15, 0.2) is 0 Å². The Kier molecular flexibility index (Phi) is 4.25. The number of hydrogen-bond donors (Lipinski definition) is 1. The van der Waals surface area contributed by atoms with Gasteiger partial charge in [0, 0.05) is 5.02 Å². The van der Waals surface area contributed by atoms with Crippen LogP contribution in [0.1, 0.15) is 10.8 Å². The molecule has 2 aromatic heterocycles. The topological polar surface area (TPSA) is 61.9 Å². The number of aromatic nitrogens is 3. The van der Waals surface area contributed by atoms with Crippen LogP contribution >= 0.6 is 22.9 Å². The second-order valence-electron chi connectivity index (χ2n) is 5.92. The van der Waals surface area contributed by atoms with Gasteiger partial charge >= 0.3 is 0 Å². The monoisotopic (exact) mass is 370 g/mol. The number of H-pyrrole nitrogens is 1. The van der Waals surface area contributed by atoms with Gasteiger partial charge in [-0.05, 0) is 37.4 Å². The highest BCUT2D eigenvalue weighted by molar-refractivity contribution is 7.18. The van der Waals surface area contributed by atoms with E-state index in [1.807, 2.05) is 25.2 Å². The third kappa shape index (κ3) is 3.42. The molecule has 4 rings (SSSR count). The van der Waals surface area contributed by atoms with E-state index < -0.39 is 0 Å². The maximum Gasteiger partial charge on any atom is 0.258 e. The van der Waals surface area contributed by atoms with Crippen LogP contribution in [0.5, 0.6) is 0 Å². The van der Waals surface area contributed by atoms with Gasteiger partial charge in [0.2, 0.25) is 0 Å². The predicted molar refractivity (Wildman–Crippen MR) is 102 cm³/mol. The molecule has 126 valence electrons. The van der Waals surface area contributed by atoms with Crippen LogP contribution in [0.15, 0.2) is 47.3 Å². The minimum absolute atomic E-state index is 0.170. The van der Waals surface area contributed by atoms with Crippen LogP contribution in [-0.4, -0.2) is 26.9 Å². The molecule has 7 heteroatoms. The van der Waals surface area contributed by atoms with Gasteiger partial charge in [0.1, 0.15) is 10.8 Å². The van der Waals surface area contributed by atoms with Gasteiger partial charge < -0.3 is 4.98 Å². The molecule has 0 spiro atoms. The lowest BCUT2D eigenvalue weighted by molar-refractivity contribution is 0.310. The molecule has 0 aliphatic carbocycles. The molecule has 1 N–H and O–H groups in total. The number of rotatable bonds is 4. The summed E-state index contributed by atoms with van der Waals surface area (Å²) in [5.74, 6) is 0.628. The smallest absolute Gasteiger partial charge is 0.258 e. The van der Waals surface area contributed by atoms with E-state index in [2.05, 4.69) is 25.9 Å². The molecule has 0 saturated heterocycles. The number of nitrogens with one attached hydrogen (secondary N) is 1. The molecule has 0 radical (unpaired) electrons. The average Bonchev–Trinajstić information content (AvgIpc) is 2.97. The normalized spacial score (nSPS) is 11.6. The molecule has 0 unspecified atom stereocenters. The molecule has 25 heavy (non-hydrogen) atoms. The average molecular weight is 371 g/mol. The van der Waals surface area contributed by atoms with Crippen molar-refractivity contribution in [2.45, 2.75) is 13.1 Å². The predicted octanol–water partition coefficient (Wildman–Crippen LogP) is 3.82. The van der Waals surface area contributed by atoms with Crippen LogP contribution in [0.3, 0.4) is 0 Å². The zero-order valence-electron chi connectivity index (χ0n) is 13.5. The van der Waals surface area contributed by atoms with E-state index in [0.717, 1.165) is 10.5 Å². The summed E-state index contributed by atoms with van der Waals surface area (Å²) in [5.41, 5.74) is 1.50. The Morgan fingerprint density at radius 3 is 2.80 bits per heavy atom. The fourth-order valence-corrected chi connectivity index (χ4v) is 3.98. The number of fused-ring (bicyclic) bond motifs is 2. The van der Waals surface area contributed by atoms with Gasteiger partial charge in [0.25, 0.3) is 5.56 Å². The van der Waals surface area contributed by atoms with E-state index in [9.17, 15) is 4.79 Å². The molecule has 5 nitrogen and oxygen atoms in total. The number of nitrogens with zero attached hydrogens (tertiary/aromatic N) is 3. The maximum absolute atomic E-state index is 12.2. The van der Waals surface area contributed by atoms with Crippen molar-refractivity contribution in [3.63, 3.8) is 0 Å². The Morgan fingerprint density at radius 2 is 1.96 bits per heavy atom. The van der Waals surface area contributed by atoms with Gasteiger partial charge in [-0.1, -0.05) is 23.7 Å². The van der Waals surface area contributed by atoms with E-state index in [1.54, 1.807) is 29.5 Å². The van der Waals surface area contributed by atoms with E-state index in [-0.39, 0.29) is 5.56 Å². The van der Waals surface area contributed by atoms with E-state index in [0.29, 0.717) is 34.8 Å². The number of hydrogen-bond acceptors (Lipinski definition) is 5. The van der Waals surface area contributed by atoms with Crippen molar-refractivity contribution in [3.8, 4) is 0 Å². The van der Waals surface area contributed by atoms with Crippen molar-refractivity contribution in [2.24, 2.45) is 0 Å². The van der Waals surface area contributed by atoms with Crippen LogP contribution in [0.4, 0.5) is 0 Å². The van der Waals surface area contributed by atoms with Crippen molar-refractivity contribution >= 4 is 44.1 Å². The minimum Gasteiger partial charge on any atom is -0.309 e.